The number of Topliss-reactive ketones (excluding diaryl/α,β-unsaturated/α-hetero) is 1. The molecule has 2 nitrogen and oxygen atoms in total. The van der Waals surface area contributed by atoms with Gasteiger partial charge >= 0.3 is 0 Å². The van der Waals surface area contributed by atoms with Gasteiger partial charge in [-0.2, -0.15) is 0 Å². The van der Waals surface area contributed by atoms with E-state index in [0.29, 0.717) is 11.3 Å². The highest BCUT2D eigenvalue weighted by Gasteiger charge is 2.10. The molecule has 0 aliphatic rings. The second-order valence-electron chi connectivity index (χ2n) is 2.80. The van der Waals surface area contributed by atoms with E-state index in [1.807, 2.05) is 0 Å². The summed E-state index contributed by atoms with van der Waals surface area (Å²) in [5.41, 5.74) is 0.331. The minimum absolute atomic E-state index is 0.0792. The zero-order valence-corrected chi connectivity index (χ0v) is 7.63. The first-order chi connectivity index (χ1) is 6.15. The Kier molecular flexibility index (Phi) is 3.01. The smallest absolute Gasteiger partial charge is 0.134 e. The number of rotatable bonds is 3. The monoisotopic (exact) mass is 182 g/mol. The number of halogens is 1. The van der Waals surface area contributed by atoms with E-state index >= 15 is 0 Å². The standard InChI is InChI=1S/C10H11FO2/c1-7(12)6-8-9(11)4-3-5-10(8)13-2/h3-5H,6H2,1-2H3. The number of benzene rings is 1. The summed E-state index contributed by atoms with van der Waals surface area (Å²) < 4.78 is 18.1. The Morgan fingerprint density at radius 1 is 1.54 bits per heavy atom. The summed E-state index contributed by atoms with van der Waals surface area (Å²) >= 11 is 0. The first-order valence-electron chi connectivity index (χ1n) is 3.96. The molecule has 0 saturated heterocycles. The quantitative estimate of drug-likeness (QED) is 0.714. The number of ether oxygens (including phenoxy) is 1. The van der Waals surface area contributed by atoms with Crippen LogP contribution in [-0.4, -0.2) is 12.9 Å². The number of hydrogen-bond acceptors (Lipinski definition) is 2. The van der Waals surface area contributed by atoms with Crippen molar-refractivity contribution in [1.82, 2.24) is 0 Å². The summed E-state index contributed by atoms with van der Waals surface area (Å²) in [6.45, 7) is 1.42. The van der Waals surface area contributed by atoms with Gasteiger partial charge in [0, 0.05) is 12.0 Å². The van der Waals surface area contributed by atoms with Crippen LogP contribution in [0.2, 0.25) is 0 Å². The fraction of sp³-hybridized carbons (Fsp3) is 0.300. The van der Waals surface area contributed by atoms with Crippen molar-refractivity contribution in [3.05, 3.63) is 29.6 Å². The van der Waals surface area contributed by atoms with Crippen molar-refractivity contribution >= 4 is 5.78 Å². The maximum absolute atomic E-state index is 13.2. The summed E-state index contributed by atoms with van der Waals surface area (Å²) in [5, 5.41) is 0. The molecule has 0 atom stereocenters. The molecule has 0 heterocycles. The van der Waals surface area contributed by atoms with Gasteiger partial charge in [-0.1, -0.05) is 6.07 Å². The summed E-state index contributed by atoms with van der Waals surface area (Å²) in [5.74, 6) is -0.0480. The number of carbonyl (C=O) groups excluding carboxylic acids is 1. The van der Waals surface area contributed by atoms with E-state index in [1.165, 1.54) is 20.1 Å². The SMILES string of the molecule is COc1cccc(F)c1CC(C)=O. The Morgan fingerprint density at radius 3 is 2.77 bits per heavy atom. The Hall–Kier alpha value is -1.38. The maximum Gasteiger partial charge on any atom is 0.134 e. The van der Waals surface area contributed by atoms with Crippen molar-refractivity contribution in [2.75, 3.05) is 7.11 Å². The molecule has 0 unspecified atom stereocenters. The van der Waals surface area contributed by atoms with E-state index in [0.717, 1.165) is 0 Å². The number of carbonyl (C=O) groups is 1. The van der Waals surface area contributed by atoms with Gasteiger partial charge in [-0.25, -0.2) is 4.39 Å². The second-order valence-corrected chi connectivity index (χ2v) is 2.80. The average Bonchev–Trinajstić information content (AvgIpc) is 2.08. The van der Waals surface area contributed by atoms with Gasteiger partial charge in [-0.05, 0) is 19.1 Å². The molecule has 0 aromatic heterocycles. The lowest BCUT2D eigenvalue weighted by molar-refractivity contribution is -0.116. The highest BCUT2D eigenvalue weighted by molar-refractivity contribution is 5.79. The Balaban J connectivity index is 3.07. The van der Waals surface area contributed by atoms with E-state index < -0.39 is 5.82 Å². The van der Waals surface area contributed by atoms with Crippen molar-refractivity contribution < 1.29 is 13.9 Å². The van der Waals surface area contributed by atoms with Gasteiger partial charge in [-0.3, -0.25) is 4.79 Å². The van der Waals surface area contributed by atoms with Crippen LogP contribution in [0.3, 0.4) is 0 Å². The second kappa shape index (κ2) is 4.03. The molecule has 0 N–H and O–H groups in total. The molecule has 0 aliphatic carbocycles. The van der Waals surface area contributed by atoms with Crippen LogP contribution in [0.4, 0.5) is 4.39 Å². The molecule has 0 spiro atoms. The van der Waals surface area contributed by atoms with Crippen molar-refractivity contribution in [3.8, 4) is 5.75 Å². The third-order valence-corrected chi connectivity index (χ3v) is 1.72. The lowest BCUT2D eigenvalue weighted by Crippen LogP contribution is -2.02. The summed E-state index contributed by atoms with van der Waals surface area (Å²) in [6, 6.07) is 4.51. The molecule has 1 rings (SSSR count). The lowest BCUT2D eigenvalue weighted by atomic mass is 10.1. The van der Waals surface area contributed by atoms with Crippen LogP contribution in [-0.2, 0) is 11.2 Å². The van der Waals surface area contributed by atoms with Crippen LogP contribution in [0.15, 0.2) is 18.2 Å². The first kappa shape index (κ1) is 9.71. The van der Waals surface area contributed by atoms with Gasteiger partial charge in [0.15, 0.2) is 0 Å². The Morgan fingerprint density at radius 2 is 2.23 bits per heavy atom. The molecular weight excluding hydrogens is 171 g/mol. The van der Waals surface area contributed by atoms with Crippen LogP contribution in [0, 0.1) is 5.82 Å². The van der Waals surface area contributed by atoms with Crippen molar-refractivity contribution in [2.45, 2.75) is 13.3 Å². The van der Waals surface area contributed by atoms with Crippen LogP contribution < -0.4 is 4.74 Å². The van der Waals surface area contributed by atoms with Gasteiger partial charge in [-0.15, -0.1) is 0 Å². The zero-order chi connectivity index (χ0) is 9.84. The van der Waals surface area contributed by atoms with Gasteiger partial charge in [0.2, 0.25) is 0 Å². The van der Waals surface area contributed by atoms with Crippen molar-refractivity contribution in [1.29, 1.82) is 0 Å². The van der Waals surface area contributed by atoms with E-state index in [9.17, 15) is 9.18 Å². The summed E-state index contributed by atoms with van der Waals surface area (Å²) in [6.07, 6.45) is 0.0792. The fourth-order valence-electron chi connectivity index (χ4n) is 1.15. The van der Waals surface area contributed by atoms with Gasteiger partial charge in [0.05, 0.1) is 7.11 Å². The zero-order valence-electron chi connectivity index (χ0n) is 7.63. The van der Waals surface area contributed by atoms with Crippen LogP contribution in [0.1, 0.15) is 12.5 Å². The molecule has 70 valence electrons. The summed E-state index contributed by atoms with van der Waals surface area (Å²) in [4.78, 5) is 10.8. The highest BCUT2D eigenvalue weighted by Crippen LogP contribution is 2.21. The molecule has 0 aliphatic heterocycles. The third kappa shape index (κ3) is 2.28. The predicted molar refractivity (Wildman–Crippen MR) is 47.3 cm³/mol. The molecule has 3 heteroatoms. The fourth-order valence-corrected chi connectivity index (χ4v) is 1.15. The minimum Gasteiger partial charge on any atom is -0.496 e. The van der Waals surface area contributed by atoms with Crippen LogP contribution >= 0.6 is 0 Å². The van der Waals surface area contributed by atoms with E-state index in [1.54, 1.807) is 12.1 Å². The predicted octanol–water partition coefficient (Wildman–Crippen LogP) is 1.97. The molecule has 1 aromatic carbocycles. The van der Waals surface area contributed by atoms with E-state index in [4.69, 9.17) is 4.74 Å². The Bertz CT molecular complexity index is 321. The number of hydrogen-bond donors (Lipinski definition) is 0. The van der Waals surface area contributed by atoms with Gasteiger partial charge in [0.1, 0.15) is 17.3 Å². The third-order valence-electron chi connectivity index (χ3n) is 1.72. The molecule has 0 amide bonds. The topological polar surface area (TPSA) is 26.3 Å². The van der Waals surface area contributed by atoms with E-state index in [-0.39, 0.29) is 12.2 Å². The van der Waals surface area contributed by atoms with Gasteiger partial charge < -0.3 is 4.74 Å². The normalized spacial score (nSPS) is 9.77. The van der Waals surface area contributed by atoms with Crippen LogP contribution in [0.25, 0.3) is 0 Å². The molecule has 0 fully saturated rings. The van der Waals surface area contributed by atoms with Crippen molar-refractivity contribution in [2.24, 2.45) is 0 Å². The van der Waals surface area contributed by atoms with Gasteiger partial charge in [0.25, 0.3) is 0 Å². The number of methoxy groups -OCH3 is 1. The molecule has 13 heavy (non-hydrogen) atoms. The van der Waals surface area contributed by atoms with Crippen molar-refractivity contribution in [3.63, 3.8) is 0 Å². The lowest BCUT2D eigenvalue weighted by Gasteiger charge is -2.06. The Labute approximate surface area is 76.3 Å². The molecular formula is C10H11FO2. The highest BCUT2D eigenvalue weighted by atomic mass is 19.1. The van der Waals surface area contributed by atoms with Crippen LogP contribution in [0.5, 0.6) is 5.75 Å². The summed E-state index contributed by atoms with van der Waals surface area (Å²) in [7, 11) is 1.46. The average molecular weight is 182 g/mol. The molecule has 0 saturated carbocycles. The molecule has 1 aromatic rings. The first-order valence-corrected chi connectivity index (χ1v) is 3.96. The maximum atomic E-state index is 13.2. The number of ketones is 1. The largest absolute Gasteiger partial charge is 0.496 e. The molecule has 0 radical (unpaired) electrons. The van der Waals surface area contributed by atoms with E-state index in [2.05, 4.69) is 0 Å². The molecule has 0 bridgehead atoms. The minimum atomic E-state index is -0.394.